The number of carboxylic acids is 1. The smallest absolute Gasteiger partial charge is 0.335 e. The van der Waals surface area contributed by atoms with Crippen LogP contribution >= 0.6 is 0 Å². The zero-order valence-electron chi connectivity index (χ0n) is 12.4. The van der Waals surface area contributed by atoms with Gasteiger partial charge in [-0.2, -0.15) is 0 Å². The Hall–Kier alpha value is -0.930. The Morgan fingerprint density at radius 3 is 2.08 bits per heavy atom. The summed E-state index contributed by atoms with van der Waals surface area (Å²) < 4.78 is 9.98. The number of carboxylic acid groups (broad SMARTS) is 1. The van der Waals surface area contributed by atoms with Gasteiger partial charge in [0.25, 0.3) is 0 Å². The third-order valence-electron chi connectivity index (χ3n) is 3.62. The molecule has 9 atom stereocenters. The van der Waals surface area contributed by atoms with E-state index >= 15 is 0 Å². The van der Waals surface area contributed by atoms with E-state index in [2.05, 4.69) is 0 Å². The molecular formula is C12H22O12. The maximum Gasteiger partial charge on any atom is 0.335 e. The lowest BCUT2D eigenvalue weighted by atomic mass is 9.98. The van der Waals surface area contributed by atoms with Crippen LogP contribution in [-0.4, -0.2) is 120 Å². The first-order valence-electron chi connectivity index (χ1n) is 6.99. The summed E-state index contributed by atoms with van der Waals surface area (Å²) in [5, 5.41) is 84.5. The third kappa shape index (κ3) is 4.58. The van der Waals surface area contributed by atoms with Crippen LogP contribution in [0.25, 0.3) is 0 Å². The van der Waals surface area contributed by atoms with Gasteiger partial charge in [-0.1, -0.05) is 0 Å². The van der Waals surface area contributed by atoms with E-state index in [-0.39, 0.29) is 0 Å². The van der Waals surface area contributed by atoms with Gasteiger partial charge in [0.05, 0.1) is 13.2 Å². The lowest BCUT2D eigenvalue weighted by molar-refractivity contribution is -0.326. The van der Waals surface area contributed by atoms with E-state index in [1.807, 2.05) is 0 Å². The molecule has 1 heterocycles. The summed E-state index contributed by atoms with van der Waals surface area (Å²) in [6.07, 6.45) is -16.9. The van der Waals surface area contributed by atoms with Gasteiger partial charge in [-0.15, -0.1) is 0 Å². The zero-order valence-corrected chi connectivity index (χ0v) is 12.4. The van der Waals surface area contributed by atoms with Gasteiger partial charge in [-0.3, -0.25) is 0 Å². The quantitative estimate of drug-likeness (QED) is 0.198. The molecule has 1 rings (SSSR count). The average molecular weight is 358 g/mol. The molecule has 142 valence electrons. The number of aliphatic hydroxyl groups is 8. The molecular weight excluding hydrogens is 336 g/mol. The SMILES string of the molecule is O=C(O)C(O)[C@H](O)[C@H](O[C@@H]1OC(CO)[C@H](O)[C@@H](O)C1O)C(O)CO. The van der Waals surface area contributed by atoms with Gasteiger partial charge in [0.2, 0.25) is 0 Å². The van der Waals surface area contributed by atoms with Crippen molar-refractivity contribution in [2.75, 3.05) is 13.2 Å². The second kappa shape index (κ2) is 8.96. The van der Waals surface area contributed by atoms with Crippen molar-refractivity contribution >= 4 is 5.97 Å². The average Bonchev–Trinajstić information content (AvgIpc) is 2.57. The standard InChI is InChI=1S/C12H22O12/c13-1-3(15)10(7(18)8(19)11(21)22)24-12-9(20)6(17)5(16)4(2-14)23-12/h3-10,12-20H,1-2H2,(H,21,22)/t3?,4?,5-,6+,7-,8?,9?,10+,12-/m0/s1. The highest BCUT2D eigenvalue weighted by Crippen LogP contribution is 2.24. The van der Waals surface area contributed by atoms with Gasteiger partial charge < -0.3 is 55.4 Å². The van der Waals surface area contributed by atoms with Crippen molar-refractivity contribution in [1.29, 1.82) is 0 Å². The second-order valence-corrected chi connectivity index (χ2v) is 5.32. The lowest BCUT2D eigenvalue weighted by Gasteiger charge is -2.42. The van der Waals surface area contributed by atoms with Gasteiger partial charge in [0.15, 0.2) is 12.4 Å². The molecule has 0 spiro atoms. The van der Waals surface area contributed by atoms with E-state index in [0.29, 0.717) is 0 Å². The molecule has 0 radical (unpaired) electrons. The molecule has 0 saturated carbocycles. The van der Waals surface area contributed by atoms with E-state index in [9.17, 15) is 35.4 Å². The van der Waals surface area contributed by atoms with Gasteiger partial charge in [-0.25, -0.2) is 4.79 Å². The summed E-state index contributed by atoms with van der Waals surface area (Å²) in [6, 6.07) is 0. The molecule has 12 heteroatoms. The van der Waals surface area contributed by atoms with Crippen molar-refractivity contribution in [3.63, 3.8) is 0 Å². The minimum atomic E-state index is -2.39. The number of hydrogen-bond acceptors (Lipinski definition) is 11. The summed E-state index contributed by atoms with van der Waals surface area (Å²) in [4.78, 5) is 10.7. The maximum atomic E-state index is 10.7. The fraction of sp³-hybridized carbons (Fsp3) is 0.917. The van der Waals surface area contributed by atoms with Gasteiger partial charge >= 0.3 is 5.97 Å². The lowest BCUT2D eigenvalue weighted by Crippen LogP contribution is -2.61. The fourth-order valence-electron chi connectivity index (χ4n) is 2.16. The molecule has 1 aliphatic heterocycles. The molecule has 0 aromatic carbocycles. The van der Waals surface area contributed by atoms with E-state index in [0.717, 1.165) is 0 Å². The van der Waals surface area contributed by atoms with Crippen molar-refractivity contribution in [3.8, 4) is 0 Å². The zero-order chi connectivity index (χ0) is 18.6. The molecule has 1 saturated heterocycles. The van der Waals surface area contributed by atoms with Crippen LogP contribution in [0.1, 0.15) is 0 Å². The van der Waals surface area contributed by atoms with Crippen LogP contribution < -0.4 is 0 Å². The van der Waals surface area contributed by atoms with Crippen LogP contribution in [0.2, 0.25) is 0 Å². The number of carbonyl (C=O) groups is 1. The highest BCUT2D eigenvalue weighted by molar-refractivity contribution is 5.72. The predicted octanol–water partition coefficient (Wildman–Crippen LogP) is -5.67. The van der Waals surface area contributed by atoms with E-state index in [4.69, 9.17) is 24.8 Å². The Labute approximate surface area is 135 Å². The highest BCUT2D eigenvalue weighted by Gasteiger charge is 2.47. The number of ether oxygens (including phenoxy) is 2. The summed E-state index contributed by atoms with van der Waals surface area (Å²) in [5.41, 5.74) is 0. The minimum absolute atomic E-state index is 0.766. The predicted molar refractivity (Wildman–Crippen MR) is 71.4 cm³/mol. The highest BCUT2D eigenvalue weighted by atomic mass is 16.7. The van der Waals surface area contributed by atoms with Crippen molar-refractivity contribution in [2.24, 2.45) is 0 Å². The molecule has 0 aliphatic carbocycles. The summed E-state index contributed by atoms with van der Waals surface area (Å²) in [7, 11) is 0. The van der Waals surface area contributed by atoms with Gasteiger partial charge in [-0.05, 0) is 0 Å². The first kappa shape index (κ1) is 21.1. The second-order valence-electron chi connectivity index (χ2n) is 5.32. The number of aliphatic hydroxyl groups excluding tert-OH is 8. The van der Waals surface area contributed by atoms with E-state index in [1.54, 1.807) is 0 Å². The van der Waals surface area contributed by atoms with E-state index < -0.39 is 74.3 Å². The molecule has 1 aliphatic rings. The Kier molecular flexibility index (Phi) is 7.88. The Morgan fingerprint density at radius 2 is 1.62 bits per heavy atom. The maximum absolute atomic E-state index is 10.7. The Morgan fingerprint density at radius 1 is 1.04 bits per heavy atom. The van der Waals surface area contributed by atoms with Crippen LogP contribution in [0, 0.1) is 0 Å². The fourth-order valence-corrected chi connectivity index (χ4v) is 2.16. The molecule has 0 aromatic heterocycles. The molecule has 24 heavy (non-hydrogen) atoms. The van der Waals surface area contributed by atoms with Crippen molar-refractivity contribution in [1.82, 2.24) is 0 Å². The first-order chi connectivity index (χ1) is 11.1. The van der Waals surface area contributed by atoms with Gasteiger partial charge in [0.1, 0.15) is 42.7 Å². The minimum Gasteiger partial charge on any atom is -0.479 e. The third-order valence-corrected chi connectivity index (χ3v) is 3.62. The topological polar surface area (TPSA) is 218 Å². The van der Waals surface area contributed by atoms with Crippen LogP contribution in [0.5, 0.6) is 0 Å². The van der Waals surface area contributed by atoms with Crippen molar-refractivity contribution in [2.45, 2.75) is 55.1 Å². The van der Waals surface area contributed by atoms with Crippen molar-refractivity contribution < 1.29 is 60.2 Å². The number of aliphatic carboxylic acids is 1. The van der Waals surface area contributed by atoms with E-state index in [1.165, 1.54) is 0 Å². The molecule has 9 N–H and O–H groups in total. The monoisotopic (exact) mass is 358 g/mol. The molecule has 4 unspecified atom stereocenters. The van der Waals surface area contributed by atoms with Gasteiger partial charge in [0, 0.05) is 0 Å². The normalized spacial score (nSPS) is 35.9. The molecule has 0 amide bonds. The van der Waals surface area contributed by atoms with Crippen LogP contribution in [0.4, 0.5) is 0 Å². The molecule has 0 aromatic rings. The van der Waals surface area contributed by atoms with Crippen LogP contribution in [-0.2, 0) is 14.3 Å². The largest absolute Gasteiger partial charge is 0.479 e. The molecule has 12 nitrogen and oxygen atoms in total. The first-order valence-corrected chi connectivity index (χ1v) is 6.99. The summed E-state index contributed by atoms with van der Waals surface area (Å²) in [5.74, 6) is -1.84. The number of rotatable bonds is 8. The van der Waals surface area contributed by atoms with Crippen LogP contribution in [0.15, 0.2) is 0 Å². The van der Waals surface area contributed by atoms with Crippen LogP contribution in [0.3, 0.4) is 0 Å². The van der Waals surface area contributed by atoms with Crippen molar-refractivity contribution in [3.05, 3.63) is 0 Å². The number of hydrogen-bond donors (Lipinski definition) is 9. The summed E-state index contributed by atoms with van der Waals surface area (Å²) >= 11 is 0. The molecule has 0 bridgehead atoms. The Bertz CT molecular complexity index is 403. The summed E-state index contributed by atoms with van der Waals surface area (Å²) in [6.45, 7) is -1.76. The Balaban J connectivity index is 2.94. The molecule has 1 fully saturated rings.